The number of imidazole rings is 1. The summed E-state index contributed by atoms with van der Waals surface area (Å²) < 4.78 is 8.37. The Hall–Kier alpha value is -1.34. The Labute approximate surface area is 141 Å². The van der Waals surface area contributed by atoms with Crippen LogP contribution in [0.5, 0.6) is 5.88 Å². The minimum absolute atomic E-state index is 0.218. The first-order chi connectivity index (χ1) is 10.1. The molecule has 4 nitrogen and oxygen atoms in total. The number of rotatable bonds is 3. The average molecular weight is 414 g/mol. The van der Waals surface area contributed by atoms with E-state index >= 15 is 0 Å². The summed E-state index contributed by atoms with van der Waals surface area (Å²) in [5.41, 5.74) is 2.54. The fourth-order valence-electron chi connectivity index (χ4n) is 2.18. The van der Waals surface area contributed by atoms with Gasteiger partial charge in [0.25, 0.3) is 0 Å². The molecule has 0 bridgehead atoms. The molecule has 0 N–H and O–H groups in total. The normalized spacial score (nSPS) is 12.6. The molecule has 108 valence electrons. The predicted molar refractivity (Wildman–Crippen MR) is 92.4 cm³/mol. The Kier molecular flexibility index (Phi) is 4.03. The standard InChI is InChI=1S/C15H13ClIN3O/c1-9(16)14-18-12-7-8-13(21-2)19-15(12)20(14)11-5-3-10(17)4-6-11/h3-9H,1-2H3. The number of alkyl halides is 1. The van der Waals surface area contributed by atoms with E-state index in [4.69, 9.17) is 16.3 Å². The Morgan fingerprint density at radius 1 is 1.14 bits per heavy atom. The number of hydrogen-bond donors (Lipinski definition) is 0. The van der Waals surface area contributed by atoms with E-state index in [2.05, 4.69) is 32.6 Å². The van der Waals surface area contributed by atoms with Crippen LogP contribution in [0.25, 0.3) is 16.9 Å². The van der Waals surface area contributed by atoms with Crippen molar-refractivity contribution in [2.45, 2.75) is 12.3 Å². The molecule has 2 aromatic heterocycles. The molecule has 0 saturated heterocycles. The molecule has 21 heavy (non-hydrogen) atoms. The van der Waals surface area contributed by atoms with Crippen LogP contribution in [-0.4, -0.2) is 21.6 Å². The predicted octanol–water partition coefficient (Wildman–Crippen LogP) is 4.33. The Bertz CT molecular complexity index is 783. The summed E-state index contributed by atoms with van der Waals surface area (Å²) in [4.78, 5) is 9.11. The van der Waals surface area contributed by atoms with Crippen molar-refractivity contribution in [1.82, 2.24) is 14.5 Å². The maximum atomic E-state index is 6.29. The van der Waals surface area contributed by atoms with Gasteiger partial charge in [-0.2, -0.15) is 4.98 Å². The number of pyridine rings is 1. The highest BCUT2D eigenvalue weighted by Crippen LogP contribution is 2.28. The van der Waals surface area contributed by atoms with E-state index in [0.717, 1.165) is 22.7 Å². The van der Waals surface area contributed by atoms with Crippen LogP contribution in [-0.2, 0) is 0 Å². The van der Waals surface area contributed by atoms with Crippen LogP contribution in [0.2, 0.25) is 0 Å². The van der Waals surface area contributed by atoms with E-state index in [-0.39, 0.29) is 5.38 Å². The SMILES string of the molecule is COc1ccc2nc(C(C)Cl)n(-c3ccc(I)cc3)c2n1. The van der Waals surface area contributed by atoms with Gasteiger partial charge in [0.1, 0.15) is 11.3 Å². The maximum Gasteiger partial charge on any atom is 0.215 e. The fraction of sp³-hybridized carbons (Fsp3) is 0.200. The van der Waals surface area contributed by atoms with Crippen LogP contribution < -0.4 is 4.74 Å². The number of halogens is 2. The average Bonchev–Trinajstić information content (AvgIpc) is 2.86. The number of benzene rings is 1. The van der Waals surface area contributed by atoms with Crippen molar-refractivity contribution < 1.29 is 4.74 Å². The quantitative estimate of drug-likeness (QED) is 0.474. The van der Waals surface area contributed by atoms with Gasteiger partial charge in [0.15, 0.2) is 5.65 Å². The zero-order valence-corrected chi connectivity index (χ0v) is 14.5. The number of fused-ring (bicyclic) bond motifs is 1. The third-order valence-electron chi connectivity index (χ3n) is 3.15. The summed E-state index contributed by atoms with van der Waals surface area (Å²) in [7, 11) is 1.60. The third kappa shape index (κ3) is 2.72. The Morgan fingerprint density at radius 3 is 2.48 bits per heavy atom. The molecule has 0 aliphatic heterocycles. The van der Waals surface area contributed by atoms with E-state index in [1.165, 1.54) is 3.57 Å². The molecular weight excluding hydrogens is 401 g/mol. The van der Waals surface area contributed by atoms with E-state index < -0.39 is 0 Å². The van der Waals surface area contributed by atoms with Crippen molar-refractivity contribution in [3.63, 3.8) is 0 Å². The molecule has 6 heteroatoms. The molecular formula is C15H13ClIN3O. The van der Waals surface area contributed by atoms with E-state index in [0.29, 0.717) is 5.88 Å². The van der Waals surface area contributed by atoms with Crippen molar-refractivity contribution in [2.75, 3.05) is 7.11 Å². The molecule has 0 amide bonds. The summed E-state index contributed by atoms with van der Waals surface area (Å²) in [6.45, 7) is 1.91. The van der Waals surface area contributed by atoms with Gasteiger partial charge >= 0.3 is 0 Å². The molecule has 0 saturated carbocycles. The second kappa shape index (κ2) is 5.81. The number of ether oxygens (including phenoxy) is 1. The largest absolute Gasteiger partial charge is 0.481 e. The molecule has 0 aliphatic rings. The van der Waals surface area contributed by atoms with E-state index in [1.54, 1.807) is 13.2 Å². The Balaban J connectivity index is 2.30. The lowest BCUT2D eigenvalue weighted by Crippen LogP contribution is -2.03. The van der Waals surface area contributed by atoms with Crippen LogP contribution in [0.1, 0.15) is 18.1 Å². The third-order valence-corrected chi connectivity index (χ3v) is 4.07. The first-order valence-corrected chi connectivity index (χ1v) is 7.95. The lowest BCUT2D eigenvalue weighted by atomic mass is 10.3. The van der Waals surface area contributed by atoms with Crippen molar-refractivity contribution in [3.05, 3.63) is 45.8 Å². The van der Waals surface area contributed by atoms with Gasteiger partial charge < -0.3 is 4.74 Å². The van der Waals surface area contributed by atoms with Crippen molar-refractivity contribution in [2.24, 2.45) is 0 Å². The number of methoxy groups -OCH3 is 1. The van der Waals surface area contributed by atoms with E-state index in [9.17, 15) is 0 Å². The lowest BCUT2D eigenvalue weighted by molar-refractivity contribution is 0.399. The van der Waals surface area contributed by atoms with Gasteiger partial charge in [0.2, 0.25) is 5.88 Å². The second-order valence-corrected chi connectivity index (χ2v) is 6.49. The van der Waals surface area contributed by atoms with Crippen LogP contribution in [0.4, 0.5) is 0 Å². The van der Waals surface area contributed by atoms with Crippen LogP contribution in [0.3, 0.4) is 0 Å². The molecule has 1 unspecified atom stereocenters. The zero-order chi connectivity index (χ0) is 15.0. The highest BCUT2D eigenvalue weighted by Gasteiger charge is 2.18. The zero-order valence-electron chi connectivity index (χ0n) is 11.5. The van der Waals surface area contributed by atoms with Crippen molar-refractivity contribution in [1.29, 1.82) is 0 Å². The van der Waals surface area contributed by atoms with Crippen LogP contribution in [0, 0.1) is 3.57 Å². The minimum atomic E-state index is -0.218. The van der Waals surface area contributed by atoms with Gasteiger partial charge in [-0.25, -0.2) is 4.98 Å². The number of hydrogen-bond acceptors (Lipinski definition) is 3. The van der Waals surface area contributed by atoms with Gasteiger partial charge in [-0.15, -0.1) is 11.6 Å². The molecule has 3 aromatic rings. The first-order valence-electron chi connectivity index (χ1n) is 6.43. The van der Waals surface area contributed by atoms with Crippen LogP contribution >= 0.6 is 34.2 Å². The summed E-state index contributed by atoms with van der Waals surface area (Å²) in [6, 6.07) is 11.9. The van der Waals surface area contributed by atoms with Gasteiger partial charge in [-0.05, 0) is 59.8 Å². The topological polar surface area (TPSA) is 39.9 Å². The highest BCUT2D eigenvalue weighted by molar-refractivity contribution is 14.1. The summed E-state index contributed by atoms with van der Waals surface area (Å²) >= 11 is 8.57. The molecule has 1 aromatic carbocycles. The second-order valence-electron chi connectivity index (χ2n) is 4.59. The van der Waals surface area contributed by atoms with Crippen molar-refractivity contribution >= 4 is 45.4 Å². The molecule has 1 atom stereocenters. The van der Waals surface area contributed by atoms with Gasteiger partial charge in [0.05, 0.1) is 12.5 Å². The van der Waals surface area contributed by atoms with Gasteiger partial charge in [-0.1, -0.05) is 0 Å². The highest BCUT2D eigenvalue weighted by atomic mass is 127. The molecule has 0 aliphatic carbocycles. The van der Waals surface area contributed by atoms with Gasteiger partial charge in [-0.3, -0.25) is 4.57 Å². The molecule has 3 rings (SSSR count). The minimum Gasteiger partial charge on any atom is -0.481 e. The van der Waals surface area contributed by atoms with E-state index in [1.807, 2.05) is 41.8 Å². The number of aromatic nitrogens is 3. The Morgan fingerprint density at radius 2 is 1.86 bits per heavy atom. The maximum absolute atomic E-state index is 6.29. The summed E-state index contributed by atoms with van der Waals surface area (Å²) in [6.07, 6.45) is 0. The summed E-state index contributed by atoms with van der Waals surface area (Å²) in [5.74, 6) is 1.33. The lowest BCUT2D eigenvalue weighted by Gasteiger charge is -2.10. The first kappa shape index (κ1) is 14.6. The fourth-order valence-corrected chi connectivity index (χ4v) is 2.69. The monoisotopic (exact) mass is 413 g/mol. The van der Waals surface area contributed by atoms with Gasteiger partial charge in [0, 0.05) is 15.3 Å². The summed E-state index contributed by atoms with van der Waals surface area (Å²) in [5, 5.41) is -0.218. The molecule has 0 radical (unpaired) electrons. The van der Waals surface area contributed by atoms with Crippen molar-refractivity contribution in [3.8, 4) is 11.6 Å². The number of nitrogens with zero attached hydrogens (tertiary/aromatic N) is 3. The molecule has 2 heterocycles. The molecule has 0 fully saturated rings. The molecule has 0 spiro atoms. The smallest absolute Gasteiger partial charge is 0.215 e. The van der Waals surface area contributed by atoms with Crippen LogP contribution in [0.15, 0.2) is 36.4 Å².